The first kappa shape index (κ1) is 31.9. The number of nitrogens with zero attached hydrogens (tertiary/aromatic N) is 2. The number of benzene rings is 3. The quantitative estimate of drug-likeness (QED) is 0.254. The highest BCUT2D eigenvalue weighted by atomic mass is 79.9. The van der Waals surface area contributed by atoms with Crippen LogP contribution in [0.4, 0.5) is 5.69 Å². The molecule has 3 aromatic carbocycles. The molecule has 0 spiro atoms. The van der Waals surface area contributed by atoms with Crippen molar-refractivity contribution in [3.8, 4) is 0 Å². The number of halogens is 3. The second kappa shape index (κ2) is 14.3. The molecule has 40 heavy (non-hydrogen) atoms. The fraction of sp³-hybridized carbons (Fsp3) is 0.310. The average Bonchev–Trinajstić information content (AvgIpc) is 2.91. The molecule has 0 heterocycles. The molecule has 0 aliphatic heterocycles. The molecule has 2 atom stereocenters. The number of amides is 2. The lowest BCUT2D eigenvalue weighted by atomic mass is 10.0. The first-order valence-corrected chi connectivity index (χ1v) is 16.1. The summed E-state index contributed by atoms with van der Waals surface area (Å²) in [4.78, 5) is 29.2. The molecule has 0 unspecified atom stereocenters. The van der Waals surface area contributed by atoms with E-state index in [9.17, 15) is 18.0 Å². The van der Waals surface area contributed by atoms with Crippen LogP contribution >= 0.6 is 39.1 Å². The summed E-state index contributed by atoms with van der Waals surface area (Å²) in [6, 6.07) is 19.8. The molecule has 2 amide bonds. The van der Waals surface area contributed by atoms with Crippen LogP contribution in [0.2, 0.25) is 10.0 Å². The highest BCUT2D eigenvalue weighted by Crippen LogP contribution is 2.28. The van der Waals surface area contributed by atoms with E-state index in [0.29, 0.717) is 27.7 Å². The van der Waals surface area contributed by atoms with Crippen molar-refractivity contribution in [2.75, 3.05) is 17.1 Å². The standard InChI is InChI=1S/C29H32BrCl2N3O4S/c1-4-20(2)33-29(37)27(17-21-9-6-5-7-10-21)34(18-24-25(31)11-8-12-26(24)32)28(36)19-35(40(3,38)39)23-15-13-22(30)14-16-23/h5-16,20,27H,4,17-19H2,1-3H3,(H,33,37)/t20-,27+/m0/s1. The maximum absolute atomic E-state index is 14.1. The summed E-state index contributed by atoms with van der Waals surface area (Å²) in [6.45, 7) is 3.21. The molecule has 3 aromatic rings. The summed E-state index contributed by atoms with van der Waals surface area (Å²) in [5, 5.41) is 3.65. The van der Waals surface area contributed by atoms with E-state index in [1.807, 2.05) is 44.2 Å². The van der Waals surface area contributed by atoms with Crippen LogP contribution in [0.3, 0.4) is 0 Å². The molecule has 1 N–H and O–H groups in total. The van der Waals surface area contributed by atoms with Gasteiger partial charge >= 0.3 is 0 Å². The second-order valence-corrected chi connectivity index (χ2v) is 13.1. The summed E-state index contributed by atoms with van der Waals surface area (Å²) in [7, 11) is -3.86. The molecule has 3 rings (SSSR count). The van der Waals surface area contributed by atoms with Crippen molar-refractivity contribution >= 4 is 66.7 Å². The maximum atomic E-state index is 14.1. The fourth-order valence-electron chi connectivity index (χ4n) is 4.07. The minimum absolute atomic E-state index is 0.0965. The van der Waals surface area contributed by atoms with Crippen LogP contribution < -0.4 is 9.62 Å². The van der Waals surface area contributed by atoms with Crippen molar-refractivity contribution < 1.29 is 18.0 Å². The molecule has 0 saturated heterocycles. The Hall–Kier alpha value is -2.59. The second-order valence-electron chi connectivity index (χ2n) is 9.49. The molecule has 0 radical (unpaired) electrons. The van der Waals surface area contributed by atoms with Crippen LogP contribution in [0, 0.1) is 0 Å². The predicted octanol–water partition coefficient (Wildman–Crippen LogP) is 6.08. The lowest BCUT2D eigenvalue weighted by molar-refractivity contribution is -0.140. The molecule has 0 bridgehead atoms. The van der Waals surface area contributed by atoms with Gasteiger partial charge in [-0.2, -0.15) is 0 Å². The van der Waals surface area contributed by atoms with Gasteiger partial charge in [0, 0.05) is 39.1 Å². The number of rotatable bonds is 12. The molecule has 0 aromatic heterocycles. The normalized spacial score (nSPS) is 12.8. The summed E-state index contributed by atoms with van der Waals surface area (Å²) in [5.41, 5.74) is 1.62. The van der Waals surface area contributed by atoms with Gasteiger partial charge in [-0.05, 0) is 55.3 Å². The number of anilines is 1. The molecular weight excluding hydrogens is 637 g/mol. The maximum Gasteiger partial charge on any atom is 0.244 e. The van der Waals surface area contributed by atoms with E-state index in [-0.39, 0.29) is 24.9 Å². The number of hydrogen-bond donors (Lipinski definition) is 1. The van der Waals surface area contributed by atoms with Crippen molar-refractivity contribution in [2.24, 2.45) is 0 Å². The number of sulfonamides is 1. The van der Waals surface area contributed by atoms with Gasteiger partial charge in [0.15, 0.2) is 0 Å². The van der Waals surface area contributed by atoms with E-state index in [0.717, 1.165) is 20.6 Å². The number of hydrogen-bond acceptors (Lipinski definition) is 4. The minimum atomic E-state index is -3.86. The zero-order chi connectivity index (χ0) is 29.4. The molecule has 0 saturated carbocycles. The summed E-state index contributed by atoms with van der Waals surface area (Å²) in [5.74, 6) is -0.936. The van der Waals surface area contributed by atoms with E-state index in [1.165, 1.54) is 4.90 Å². The zero-order valence-electron chi connectivity index (χ0n) is 22.5. The van der Waals surface area contributed by atoms with Gasteiger partial charge in [0.2, 0.25) is 21.8 Å². The van der Waals surface area contributed by atoms with Gasteiger partial charge in [0.1, 0.15) is 12.6 Å². The fourth-order valence-corrected chi connectivity index (χ4v) is 5.70. The van der Waals surface area contributed by atoms with Crippen LogP contribution in [-0.4, -0.2) is 50.0 Å². The Balaban J connectivity index is 2.10. The van der Waals surface area contributed by atoms with Crippen LogP contribution in [0.5, 0.6) is 0 Å². The first-order valence-electron chi connectivity index (χ1n) is 12.7. The lowest BCUT2D eigenvalue weighted by Crippen LogP contribution is -2.54. The Kier molecular flexibility index (Phi) is 11.5. The third kappa shape index (κ3) is 8.70. The predicted molar refractivity (Wildman–Crippen MR) is 165 cm³/mol. The van der Waals surface area contributed by atoms with Gasteiger partial charge in [0.25, 0.3) is 0 Å². The minimum Gasteiger partial charge on any atom is -0.352 e. The van der Waals surface area contributed by atoms with Gasteiger partial charge in [-0.25, -0.2) is 8.42 Å². The molecular formula is C29H32BrCl2N3O4S. The monoisotopic (exact) mass is 667 g/mol. The zero-order valence-corrected chi connectivity index (χ0v) is 26.4. The Bertz CT molecular complexity index is 1400. The highest BCUT2D eigenvalue weighted by Gasteiger charge is 2.34. The van der Waals surface area contributed by atoms with E-state index in [1.54, 1.807) is 42.5 Å². The largest absolute Gasteiger partial charge is 0.352 e. The van der Waals surface area contributed by atoms with Crippen molar-refractivity contribution in [1.82, 2.24) is 10.2 Å². The van der Waals surface area contributed by atoms with Gasteiger partial charge in [-0.3, -0.25) is 13.9 Å². The Morgan fingerprint density at radius 1 is 0.950 bits per heavy atom. The van der Waals surface area contributed by atoms with Gasteiger partial charge < -0.3 is 10.2 Å². The first-order chi connectivity index (χ1) is 18.9. The number of carbonyl (C=O) groups excluding carboxylic acids is 2. The Labute approximate surface area is 254 Å². The number of carbonyl (C=O) groups is 2. The third-order valence-corrected chi connectivity index (χ3v) is 8.83. The summed E-state index contributed by atoms with van der Waals surface area (Å²) in [6.07, 6.45) is 1.93. The smallest absolute Gasteiger partial charge is 0.244 e. The highest BCUT2D eigenvalue weighted by molar-refractivity contribution is 9.10. The topological polar surface area (TPSA) is 86.8 Å². The van der Waals surface area contributed by atoms with Crippen molar-refractivity contribution in [3.05, 3.63) is 98.4 Å². The van der Waals surface area contributed by atoms with E-state index in [4.69, 9.17) is 23.2 Å². The average molecular weight is 669 g/mol. The van der Waals surface area contributed by atoms with Crippen molar-refractivity contribution in [1.29, 1.82) is 0 Å². The van der Waals surface area contributed by atoms with Crippen LogP contribution in [-0.2, 0) is 32.6 Å². The van der Waals surface area contributed by atoms with Crippen LogP contribution in [0.1, 0.15) is 31.4 Å². The van der Waals surface area contributed by atoms with Gasteiger partial charge in [-0.1, -0.05) is 82.5 Å². The third-order valence-electron chi connectivity index (χ3n) is 6.46. The van der Waals surface area contributed by atoms with Crippen LogP contribution in [0.15, 0.2) is 77.3 Å². The Morgan fingerprint density at radius 3 is 2.10 bits per heavy atom. The number of nitrogens with one attached hydrogen (secondary N) is 1. The van der Waals surface area contributed by atoms with E-state index in [2.05, 4.69) is 21.2 Å². The van der Waals surface area contributed by atoms with E-state index < -0.39 is 28.5 Å². The molecule has 7 nitrogen and oxygen atoms in total. The van der Waals surface area contributed by atoms with Gasteiger partial charge in [0.05, 0.1) is 11.9 Å². The summed E-state index contributed by atoms with van der Waals surface area (Å²) < 4.78 is 27.5. The molecule has 0 aliphatic rings. The van der Waals surface area contributed by atoms with E-state index >= 15 is 0 Å². The molecule has 214 valence electrons. The lowest BCUT2D eigenvalue weighted by Gasteiger charge is -2.34. The summed E-state index contributed by atoms with van der Waals surface area (Å²) >= 11 is 16.3. The van der Waals surface area contributed by atoms with Crippen LogP contribution in [0.25, 0.3) is 0 Å². The SMILES string of the molecule is CC[C@H](C)NC(=O)[C@@H](Cc1ccccc1)N(Cc1c(Cl)cccc1Cl)C(=O)CN(c1ccc(Br)cc1)S(C)(=O)=O. The Morgan fingerprint density at radius 2 is 1.55 bits per heavy atom. The van der Waals surface area contributed by atoms with Gasteiger partial charge in [-0.15, -0.1) is 0 Å². The molecule has 11 heteroatoms. The van der Waals surface area contributed by atoms with Crippen molar-refractivity contribution in [3.63, 3.8) is 0 Å². The van der Waals surface area contributed by atoms with Crippen molar-refractivity contribution in [2.45, 2.75) is 45.3 Å². The molecule has 0 aliphatic carbocycles. The molecule has 0 fully saturated rings.